The Bertz CT molecular complexity index is 616. The molecule has 2 aromatic rings. The average molecular weight is 305 g/mol. The number of amides is 1. The average Bonchev–Trinajstić information content (AvgIpc) is 2.48. The lowest BCUT2D eigenvalue weighted by Crippen LogP contribution is -2.43. The summed E-state index contributed by atoms with van der Waals surface area (Å²) in [4.78, 5) is 14.4. The number of rotatable bonds is 2. The van der Waals surface area contributed by atoms with E-state index in [0.717, 1.165) is 31.5 Å². The summed E-state index contributed by atoms with van der Waals surface area (Å²) < 4.78 is 0. The largest absolute Gasteiger partial charge is 0.342 e. The fourth-order valence-corrected chi connectivity index (χ4v) is 2.87. The van der Waals surface area contributed by atoms with Gasteiger partial charge < -0.3 is 10.6 Å². The molecule has 0 unspecified atom stereocenters. The molecule has 1 saturated heterocycles. The zero-order valence-electron chi connectivity index (χ0n) is 12.0. The Balaban J connectivity index is 0.00000161. The molecule has 0 aliphatic carbocycles. The highest BCUT2D eigenvalue weighted by Crippen LogP contribution is 2.20. The van der Waals surface area contributed by atoms with E-state index < -0.39 is 0 Å². The summed E-state index contributed by atoms with van der Waals surface area (Å²) in [7, 11) is 0. The number of carbonyl (C=O) groups excluding carboxylic acids is 1. The minimum absolute atomic E-state index is 0. The molecule has 1 heterocycles. The Morgan fingerprint density at radius 1 is 1.10 bits per heavy atom. The minimum Gasteiger partial charge on any atom is -0.342 e. The molecule has 1 fully saturated rings. The van der Waals surface area contributed by atoms with Crippen molar-refractivity contribution >= 4 is 29.1 Å². The Morgan fingerprint density at radius 3 is 2.52 bits per heavy atom. The van der Waals surface area contributed by atoms with Gasteiger partial charge in [-0.1, -0.05) is 42.5 Å². The van der Waals surface area contributed by atoms with Gasteiger partial charge in [-0.15, -0.1) is 12.4 Å². The van der Waals surface area contributed by atoms with Gasteiger partial charge in [0, 0.05) is 19.1 Å². The third-order valence-electron chi connectivity index (χ3n) is 4.11. The molecule has 0 atom stereocenters. The number of halogens is 1. The summed E-state index contributed by atoms with van der Waals surface area (Å²) in [6, 6.07) is 14.6. The van der Waals surface area contributed by atoms with Gasteiger partial charge in [0.25, 0.3) is 0 Å². The second-order valence-electron chi connectivity index (χ2n) is 5.53. The monoisotopic (exact) mass is 304 g/mol. The van der Waals surface area contributed by atoms with E-state index in [1.165, 1.54) is 10.8 Å². The van der Waals surface area contributed by atoms with Crippen LogP contribution in [0.4, 0.5) is 0 Å². The van der Waals surface area contributed by atoms with Gasteiger partial charge in [0.05, 0.1) is 6.42 Å². The third-order valence-corrected chi connectivity index (χ3v) is 4.11. The van der Waals surface area contributed by atoms with E-state index in [4.69, 9.17) is 5.73 Å². The molecule has 0 radical (unpaired) electrons. The first-order chi connectivity index (χ1) is 9.74. The molecule has 3 rings (SSSR count). The summed E-state index contributed by atoms with van der Waals surface area (Å²) >= 11 is 0. The summed E-state index contributed by atoms with van der Waals surface area (Å²) in [5.41, 5.74) is 7.00. The van der Waals surface area contributed by atoms with Gasteiger partial charge in [-0.2, -0.15) is 0 Å². The smallest absolute Gasteiger partial charge is 0.227 e. The lowest BCUT2D eigenvalue weighted by molar-refractivity contribution is -0.131. The first-order valence-corrected chi connectivity index (χ1v) is 7.24. The van der Waals surface area contributed by atoms with Crippen LogP contribution in [0.25, 0.3) is 10.8 Å². The normalized spacial score (nSPS) is 15.8. The van der Waals surface area contributed by atoms with E-state index in [9.17, 15) is 4.79 Å². The number of benzene rings is 2. The van der Waals surface area contributed by atoms with Crippen LogP contribution in [0.2, 0.25) is 0 Å². The predicted octanol–water partition coefficient (Wildman–Crippen LogP) is 2.75. The summed E-state index contributed by atoms with van der Waals surface area (Å²) in [5.74, 6) is 0.216. The van der Waals surface area contributed by atoms with Crippen LogP contribution in [0, 0.1) is 0 Å². The maximum absolute atomic E-state index is 12.4. The van der Waals surface area contributed by atoms with Crippen molar-refractivity contribution < 1.29 is 4.79 Å². The molecular weight excluding hydrogens is 284 g/mol. The van der Waals surface area contributed by atoms with Crippen LogP contribution in [-0.4, -0.2) is 29.9 Å². The molecule has 1 aliphatic heterocycles. The van der Waals surface area contributed by atoms with Crippen LogP contribution >= 0.6 is 12.4 Å². The molecule has 1 aliphatic rings. The predicted molar refractivity (Wildman–Crippen MR) is 88.7 cm³/mol. The molecule has 112 valence electrons. The molecule has 1 amide bonds. The van der Waals surface area contributed by atoms with E-state index in [-0.39, 0.29) is 24.4 Å². The first kappa shape index (κ1) is 15.8. The molecular formula is C17H21ClN2O. The van der Waals surface area contributed by atoms with Crippen LogP contribution in [0.3, 0.4) is 0 Å². The second-order valence-corrected chi connectivity index (χ2v) is 5.53. The molecule has 0 spiro atoms. The van der Waals surface area contributed by atoms with E-state index in [0.29, 0.717) is 6.42 Å². The minimum atomic E-state index is 0. The zero-order valence-corrected chi connectivity index (χ0v) is 12.8. The Morgan fingerprint density at radius 2 is 1.76 bits per heavy atom. The summed E-state index contributed by atoms with van der Waals surface area (Å²) in [6.07, 6.45) is 2.32. The standard InChI is InChI=1S/C17H20N2O.ClH/c18-15-8-10-19(11-9-15)17(20)12-14-6-3-5-13-4-1-2-7-16(13)14;/h1-7,15H,8-12,18H2;1H. The van der Waals surface area contributed by atoms with Gasteiger partial charge in [0.2, 0.25) is 5.91 Å². The first-order valence-electron chi connectivity index (χ1n) is 7.24. The van der Waals surface area contributed by atoms with Gasteiger partial charge in [-0.25, -0.2) is 0 Å². The van der Waals surface area contributed by atoms with E-state index >= 15 is 0 Å². The second kappa shape index (κ2) is 6.92. The Kier molecular flexibility index (Phi) is 5.21. The van der Waals surface area contributed by atoms with E-state index in [1.807, 2.05) is 23.1 Å². The summed E-state index contributed by atoms with van der Waals surface area (Å²) in [6.45, 7) is 1.59. The Hall–Kier alpha value is -1.58. The maximum Gasteiger partial charge on any atom is 0.227 e. The fraction of sp³-hybridized carbons (Fsp3) is 0.353. The van der Waals surface area contributed by atoms with Crippen LogP contribution in [-0.2, 0) is 11.2 Å². The number of hydrogen-bond acceptors (Lipinski definition) is 2. The van der Waals surface area contributed by atoms with Crippen molar-refractivity contribution in [3.63, 3.8) is 0 Å². The topological polar surface area (TPSA) is 46.3 Å². The maximum atomic E-state index is 12.4. The molecule has 2 aromatic carbocycles. The highest BCUT2D eigenvalue weighted by atomic mass is 35.5. The van der Waals surface area contributed by atoms with E-state index in [2.05, 4.69) is 24.3 Å². The van der Waals surface area contributed by atoms with Crippen molar-refractivity contribution in [1.82, 2.24) is 4.90 Å². The van der Waals surface area contributed by atoms with Crippen LogP contribution in [0.5, 0.6) is 0 Å². The van der Waals surface area contributed by atoms with Crippen LogP contribution in [0.15, 0.2) is 42.5 Å². The number of piperidine rings is 1. The molecule has 0 bridgehead atoms. The third kappa shape index (κ3) is 3.55. The molecule has 21 heavy (non-hydrogen) atoms. The number of fused-ring (bicyclic) bond motifs is 1. The van der Waals surface area contributed by atoms with Crippen molar-refractivity contribution in [1.29, 1.82) is 0 Å². The van der Waals surface area contributed by atoms with Crippen molar-refractivity contribution in [2.24, 2.45) is 5.73 Å². The zero-order chi connectivity index (χ0) is 13.9. The highest BCUT2D eigenvalue weighted by molar-refractivity contribution is 5.90. The highest BCUT2D eigenvalue weighted by Gasteiger charge is 2.20. The Labute approximate surface area is 131 Å². The molecule has 0 aromatic heterocycles. The van der Waals surface area contributed by atoms with Gasteiger partial charge in [-0.3, -0.25) is 4.79 Å². The van der Waals surface area contributed by atoms with Crippen molar-refractivity contribution in [3.8, 4) is 0 Å². The molecule has 3 nitrogen and oxygen atoms in total. The number of carbonyl (C=O) groups is 1. The van der Waals surface area contributed by atoms with Gasteiger partial charge in [0.1, 0.15) is 0 Å². The van der Waals surface area contributed by atoms with E-state index in [1.54, 1.807) is 0 Å². The number of likely N-dealkylation sites (tertiary alicyclic amines) is 1. The van der Waals surface area contributed by atoms with Gasteiger partial charge in [-0.05, 0) is 29.2 Å². The van der Waals surface area contributed by atoms with Gasteiger partial charge in [0.15, 0.2) is 0 Å². The molecule has 2 N–H and O–H groups in total. The number of nitrogens with zero attached hydrogens (tertiary/aromatic N) is 1. The summed E-state index contributed by atoms with van der Waals surface area (Å²) in [5, 5.41) is 2.37. The van der Waals surface area contributed by atoms with Gasteiger partial charge >= 0.3 is 0 Å². The molecule has 0 saturated carbocycles. The lowest BCUT2D eigenvalue weighted by atomic mass is 10.0. The fourth-order valence-electron chi connectivity index (χ4n) is 2.87. The van der Waals surface area contributed by atoms with Crippen molar-refractivity contribution in [2.75, 3.05) is 13.1 Å². The quantitative estimate of drug-likeness (QED) is 0.927. The van der Waals surface area contributed by atoms with Crippen molar-refractivity contribution in [2.45, 2.75) is 25.3 Å². The van der Waals surface area contributed by atoms with Crippen LogP contribution in [0.1, 0.15) is 18.4 Å². The number of hydrogen-bond donors (Lipinski definition) is 1. The van der Waals surface area contributed by atoms with Crippen molar-refractivity contribution in [3.05, 3.63) is 48.0 Å². The molecule has 4 heteroatoms. The number of nitrogens with two attached hydrogens (primary N) is 1. The SMILES string of the molecule is Cl.NC1CCN(C(=O)Cc2cccc3ccccc23)CC1. The lowest BCUT2D eigenvalue weighted by Gasteiger charge is -2.30. The van der Waals surface area contributed by atoms with Crippen LogP contribution < -0.4 is 5.73 Å².